The molecule has 0 saturated carbocycles. The van der Waals surface area contributed by atoms with E-state index in [1.54, 1.807) is 49.4 Å². The molecule has 4 rings (SSSR count). The van der Waals surface area contributed by atoms with E-state index in [2.05, 4.69) is 30.7 Å². The van der Waals surface area contributed by atoms with Crippen LogP contribution >= 0.6 is 0 Å². The van der Waals surface area contributed by atoms with E-state index in [4.69, 9.17) is 0 Å². The number of hydrogen-bond acceptors (Lipinski definition) is 5. The lowest BCUT2D eigenvalue weighted by molar-refractivity contribution is 0.0980. The normalized spacial score (nSPS) is 16.4. The van der Waals surface area contributed by atoms with Gasteiger partial charge in [0.1, 0.15) is 5.75 Å². The Morgan fingerprint density at radius 1 is 1.00 bits per heavy atom. The van der Waals surface area contributed by atoms with Crippen LogP contribution in [0.3, 0.4) is 0 Å². The molecule has 0 aromatic heterocycles. The summed E-state index contributed by atoms with van der Waals surface area (Å²) < 4.78 is 13.8. The smallest absolute Gasteiger partial charge is 0.165 e. The first-order valence-electron chi connectivity index (χ1n) is 15.4. The molecule has 42 heavy (non-hydrogen) atoms. The van der Waals surface area contributed by atoms with Crippen LogP contribution in [0, 0.1) is 11.7 Å². The summed E-state index contributed by atoms with van der Waals surface area (Å²) in [5, 5.41) is 19.5. The second kappa shape index (κ2) is 16.2. The summed E-state index contributed by atoms with van der Waals surface area (Å²) in [6.07, 6.45) is 7.60. The minimum absolute atomic E-state index is 0.0400. The van der Waals surface area contributed by atoms with Crippen molar-refractivity contribution in [3.63, 3.8) is 0 Å². The van der Waals surface area contributed by atoms with Crippen LogP contribution in [0.2, 0.25) is 0 Å². The number of halogens is 1. The largest absolute Gasteiger partial charge is 0.507 e. The Labute approximate surface area is 251 Å². The number of Topliss-reactive ketones (excluding diaryl/α,β-unsaturated/α-hetero) is 1. The lowest BCUT2D eigenvalue weighted by atomic mass is 9.94. The zero-order chi connectivity index (χ0) is 30.6. The van der Waals surface area contributed by atoms with Crippen LogP contribution < -0.4 is 0 Å². The molecule has 2 unspecified atom stereocenters. The molecule has 0 spiro atoms. The second-order valence-corrected chi connectivity index (χ2v) is 11.3. The molecule has 0 bridgehead atoms. The van der Waals surface area contributed by atoms with Crippen molar-refractivity contribution in [2.75, 3.05) is 13.1 Å². The minimum atomic E-state index is -0.719. The topological polar surface area (TPSA) is 73.1 Å². The molecule has 1 fully saturated rings. The predicted octanol–water partition coefficient (Wildman–Crippen LogP) is 9.32. The van der Waals surface area contributed by atoms with Crippen LogP contribution in [-0.2, 0) is 0 Å². The molecule has 6 heteroatoms. The first kappa shape index (κ1) is 33.0. The van der Waals surface area contributed by atoms with Gasteiger partial charge < -0.3 is 15.1 Å². The van der Waals surface area contributed by atoms with Crippen LogP contribution in [0.4, 0.5) is 10.1 Å². The molecular weight excluding hydrogens is 527 g/mol. The van der Waals surface area contributed by atoms with Gasteiger partial charge in [-0.3, -0.25) is 9.79 Å². The molecule has 5 nitrogen and oxygen atoms in total. The number of aliphatic imine (C=N–C) groups is 1. The van der Waals surface area contributed by atoms with E-state index in [0.29, 0.717) is 40.1 Å². The van der Waals surface area contributed by atoms with Gasteiger partial charge in [-0.1, -0.05) is 57.9 Å². The summed E-state index contributed by atoms with van der Waals surface area (Å²) in [6.45, 7) is 13.5. The second-order valence-electron chi connectivity index (χ2n) is 11.3. The highest BCUT2D eigenvalue weighted by atomic mass is 19.1. The van der Waals surface area contributed by atoms with Crippen LogP contribution in [-0.4, -0.2) is 45.7 Å². The number of phenols is 2. The average molecular weight is 575 g/mol. The van der Waals surface area contributed by atoms with Crippen molar-refractivity contribution in [1.29, 1.82) is 0 Å². The van der Waals surface area contributed by atoms with Crippen molar-refractivity contribution in [1.82, 2.24) is 4.90 Å². The van der Waals surface area contributed by atoms with E-state index in [-0.39, 0.29) is 11.5 Å². The van der Waals surface area contributed by atoms with Crippen LogP contribution in [0.5, 0.6) is 11.5 Å². The Balaban J connectivity index is 0.000000337. The molecular formula is C36H47FN2O3. The average Bonchev–Trinajstić information content (AvgIpc) is 3.01. The van der Waals surface area contributed by atoms with Crippen molar-refractivity contribution in [3.8, 4) is 22.6 Å². The molecule has 226 valence electrons. The number of phenolic OH excluding ortho intramolecular Hbond substituents is 2. The number of piperidine rings is 1. The summed E-state index contributed by atoms with van der Waals surface area (Å²) >= 11 is 0. The summed E-state index contributed by atoms with van der Waals surface area (Å²) in [5.41, 5.74) is 3.34. The summed E-state index contributed by atoms with van der Waals surface area (Å²) in [5.74, 6) is -0.0790. The fourth-order valence-corrected chi connectivity index (χ4v) is 5.30. The number of benzene rings is 3. The van der Waals surface area contributed by atoms with Crippen LogP contribution in [0.15, 0.2) is 65.7 Å². The zero-order valence-electron chi connectivity index (χ0n) is 25.9. The highest BCUT2D eigenvalue weighted by Crippen LogP contribution is 2.31. The third-order valence-corrected chi connectivity index (χ3v) is 8.26. The SMILES string of the molecule is CCC1CCCN(C(C)CC)C1.CCCCC(=O)c1cc(-c2ccc(O)c(F)c2)ccc1N=C(C)c1ccccc1O. The van der Waals surface area contributed by atoms with Crippen molar-refractivity contribution < 1.29 is 19.4 Å². The van der Waals surface area contributed by atoms with E-state index >= 15 is 0 Å². The van der Waals surface area contributed by atoms with Crippen LogP contribution in [0.25, 0.3) is 11.1 Å². The standard InChI is InChI=1S/C25H24FNO3.C11H23N/c1-3-4-8-24(29)20-14-17(18-11-13-25(30)21(26)15-18)10-12-22(20)27-16(2)19-7-5-6-9-23(19)28;1-4-10(3)12-8-6-7-11(5-2)9-12/h5-7,9-15,28,30H,3-4,8H2,1-2H3;10-11H,4-9H2,1-3H3. The van der Waals surface area contributed by atoms with Gasteiger partial charge in [-0.15, -0.1) is 0 Å². The lowest BCUT2D eigenvalue weighted by Gasteiger charge is -2.36. The molecule has 1 saturated heterocycles. The highest BCUT2D eigenvalue weighted by molar-refractivity contribution is 6.06. The third kappa shape index (κ3) is 8.99. The van der Waals surface area contributed by atoms with Crippen molar-refractivity contribution in [2.24, 2.45) is 10.9 Å². The van der Waals surface area contributed by atoms with E-state index < -0.39 is 11.6 Å². The fraction of sp³-hybridized carbons (Fsp3) is 0.444. The Morgan fingerprint density at radius 2 is 1.71 bits per heavy atom. The minimum Gasteiger partial charge on any atom is -0.507 e. The van der Waals surface area contributed by atoms with Crippen molar-refractivity contribution in [2.45, 2.75) is 85.6 Å². The Hall–Kier alpha value is -3.51. The monoisotopic (exact) mass is 574 g/mol. The zero-order valence-corrected chi connectivity index (χ0v) is 25.9. The number of ketones is 1. The maximum atomic E-state index is 13.8. The highest BCUT2D eigenvalue weighted by Gasteiger charge is 2.21. The van der Waals surface area contributed by atoms with Gasteiger partial charge in [-0.2, -0.15) is 0 Å². The van der Waals surface area contributed by atoms with E-state index in [9.17, 15) is 19.4 Å². The number of nitrogens with zero attached hydrogens (tertiary/aromatic N) is 2. The van der Waals surface area contributed by atoms with E-state index in [1.165, 1.54) is 50.9 Å². The van der Waals surface area contributed by atoms with Gasteiger partial charge in [0.2, 0.25) is 0 Å². The lowest BCUT2D eigenvalue weighted by Crippen LogP contribution is -2.40. The Bertz CT molecular complexity index is 1350. The Morgan fingerprint density at radius 3 is 2.38 bits per heavy atom. The number of carbonyl (C=O) groups excluding carboxylic acids is 1. The maximum absolute atomic E-state index is 13.8. The number of para-hydroxylation sites is 1. The molecule has 2 N–H and O–H groups in total. The number of unbranched alkanes of at least 4 members (excludes halogenated alkanes) is 1. The van der Waals surface area contributed by atoms with E-state index in [1.807, 2.05) is 13.0 Å². The van der Waals surface area contributed by atoms with Gasteiger partial charge in [0, 0.05) is 35.8 Å². The number of likely N-dealkylation sites (tertiary alicyclic amines) is 1. The molecule has 2 atom stereocenters. The maximum Gasteiger partial charge on any atom is 0.165 e. The molecule has 1 aliphatic heterocycles. The van der Waals surface area contributed by atoms with Gasteiger partial charge in [0.15, 0.2) is 17.3 Å². The van der Waals surface area contributed by atoms with E-state index in [0.717, 1.165) is 24.8 Å². The third-order valence-electron chi connectivity index (χ3n) is 8.26. The first-order chi connectivity index (χ1) is 20.2. The molecule has 0 radical (unpaired) electrons. The number of carbonyl (C=O) groups is 1. The number of aromatic hydroxyl groups is 2. The van der Waals surface area contributed by atoms with Gasteiger partial charge in [0.25, 0.3) is 0 Å². The summed E-state index contributed by atoms with van der Waals surface area (Å²) in [4.78, 5) is 20.2. The van der Waals surface area contributed by atoms with Gasteiger partial charge in [0.05, 0.1) is 5.69 Å². The number of rotatable bonds is 10. The summed E-state index contributed by atoms with van der Waals surface area (Å²) in [7, 11) is 0. The molecule has 3 aromatic rings. The fourth-order valence-electron chi connectivity index (χ4n) is 5.30. The predicted molar refractivity (Wildman–Crippen MR) is 172 cm³/mol. The van der Waals surface area contributed by atoms with Crippen molar-refractivity contribution >= 4 is 17.2 Å². The first-order valence-corrected chi connectivity index (χ1v) is 15.4. The number of hydrogen-bond donors (Lipinski definition) is 2. The summed E-state index contributed by atoms with van der Waals surface area (Å²) in [6, 6.07) is 17.0. The Kier molecular flexibility index (Phi) is 12.7. The van der Waals surface area contributed by atoms with Crippen molar-refractivity contribution in [3.05, 3.63) is 77.6 Å². The van der Waals surface area contributed by atoms with Crippen LogP contribution in [0.1, 0.15) is 95.5 Å². The van der Waals surface area contributed by atoms with Gasteiger partial charge in [-0.05, 0) is 99.5 Å². The molecule has 0 amide bonds. The van der Waals surface area contributed by atoms with Gasteiger partial charge >= 0.3 is 0 Å². The molecule has 3 aromatic carbocycles. The molecule has 0 aliphatic carbocycles. The molecule has 1 aliphatic rings. The quantitative estimate of drug-likeness (QED) is 0.187. The molecule has 1 heterocycles. The van der Waals surface area contributed by atoms with Gasteiger partial charge in [-0.25, -0.2) is 4.39 Å².